The van der Waals surface area contributed by atoms with Gasteiger partial charge >= 0.3 is 11.7 Å². The number of carboxylic acid groups (broad SMARTS) is 1. The SMILES string of the molecule is O=C(O)CCC1CCCCN1C(=O)c1ccc(CS(=O)(=O)C(F)F)cc1. The third-order valence-corrected chi connectivity index (χ3v) is 5.70. The first kappa shape index (κ1) is 20.3. The molecule has 1 N–H and O–H groups in total. The van der Waals surface area contributed by atoms with E-state index >= 15 is 0 Å². The third kappa shape index (κ3) is 5.23. The number of hydrogen-bond donors (Lipinski definition) is 1. The van der Waals surface area contributed by atoms with Gasteiger partial charge in [-0.1, -0.05) is 12.1 Å². The molecule has 1 fully saturated rings. The van der Waals surface area contributed by atoms with Gasteiger partial charge in [0.05, 0.1) is 5.75 Å². The molecule has 144 valence electrons. The van der Waals surface area contributed by atoms with Gasteiger partial charge in [0.1, 0.15) is 0 Å². The number of carboxylic acids is 1. The molecular weight excluding hydrogens is 368 g/mol. The molecule has 0 saturated carbocycles. The monoisotopic (exact) mass is 389 g/mol. The Morgan fingerprint density at radius 3 is 2.42 bits per heavy atom. The van der Waals surface area contributed by atoms with Crippen LogP contribution in [0.25, 0.3) is 0 Å². The molecule has 26 heavy (non-hydrogen) atoms. The number of alkyl halides is 2. The van der Waals surface area contributed by atoms with Gasteiger partial charge in [-0.15, -0.1) is 0 Å². The first-order valence-corrected chi connectivity index (χ1v) is 10.0. The van der Waals surface area contributed by atoms with Crippen LogP contribution in [-0.2, 0) is 20.4 Å². The Morgan fingerprint density at radius 1 is 1.19 bits per heavy atom. The van der Waals surface area contributed by atoms with Crippen molar-refractivity contribution < 1.29 is 31.9 Å². The van der Waals surface area contributed by atoms with E-state index < -0.39 is 27.3 Å². The summed E-state index contributed by atoms with van der Waals surface area (Å²) in [6.07, 6.45) is 2.87. The summed E-state index contributed by atoms with van der Waals surface area (Å²) >= 11 is 0. The number of piperidine rings is 1. The Hall–Kier alpha value is -2.03. The number of carbonyl (C=O) groups excluding carboxylic acids is 1. The molecule has 1 aliphatic heterocycles. The van der Waals surface area contributed by atoms with Gasteiger partial charge in [0.2, 0.25) is 9.84 Å². The first-order valence-electron chi connectivity index (χ1n) is 8.32. The quantitative estimate of drug-likeness (QED) is 0.774. The summed E-state index contributed by atoms with van der Waals surface area (Å²) in [5.41, 5.74) is 0.508. The zero-order valence-electron chi connectivity index (χ0n) is 14.1. The number of nitrogens with zero attached hydrogens (tertiary/aromatic N) is 1. The van der Waals surface area contributed by atoms with Crippen LogP contribution in [0.15, 0.2) is 24.3 Å². The van der Waals surface area contributed by atoms with E-state index in [1.807, 2.05) is 0 Å². The molecule has 1 saturated heterocycles. The summed E-state index contributed by atoms with van der Waals surface area (Å²) in [5, 5.41) is 8.84. The van der Waals surface area contributed by atoms with Crippen LogP contribution in [-0.4, -0.2) is 48.6 Å². The molecule has 9 heteroatoms. The number of likely N-dealkylation sites (tertiary alicyclic amines) is 1. The van der Waals surface area contributed by atoms with Crippen LogP contribution in [0.4, 0.5) is 8.78 Å². The average molecular weight is 389 g/mol. The van der Waals surface area contributed by atoms with Crippen LogP contribution >= 0.6 is 0 Å². The molecule has 0 radical (unpaired) electrons. The number of halogens is 2. The maximum absolute atomic E-state index is 12.7. The minimum absolute atomic E-state index is 0.0150. The molecule has 0 aromatic heterocycles. The van der Waals surface area contributed by atoms with Gasteiger partial charge in [0.25, 0.3) is 5.91 Å². The number of rotatable bonds is 7. The summed E-state index contributed by atoms with van der Waals surface area (Å²) in [6, 6.07) is 5.39. The van der Waals surface area contributed by atoms with Crippen LogP contribution in [0, 0.1) is 0 Å². The molecule has 1 aromatic carbocycles. The van der Waals surface area contributed by atoms with Crippen molar-refractivity contribution in [1.82, 2.24) is 4.90 Å². The smallest absolute Gasteiger partial charge is 0.337 e. The van der Waals surface area contributed by atoms with Crippen molar-refractivity contribution in [2.24, 2.45) is 0 Å². The molecule has 1 aliphatic rings. The Balaban J connectivity index is 2.09. The zero-order valence-corrected chi connectivity index (χ0v) is 14.9. The third-order valence-electron chi connectivity index (χ3n) is 4.42. The van der Waals surface area contributed by atoms with Crippen molar-refractivity contribution in [3.05, 3.63) is 35.4 Å². The van der Waals surface area contributed by atoms with Gasteiger partial charge in [-0.3, -0.25) is 9.59 Å². The number of aliphatic carboxylic acids is 1. The van der Waals surface area contributed by atoms with Gasteiger partial charge in [-0.2, -0.15) is 8.78 Å². The van der Waals surface area contributed by atoms with Gasteiger partial charge in [-0.05, 0) is 43.4 Å². The Morgan fingerprint density at radius 2 is 1.85 bits per heavy atom. The van der Waals surface area contributed by atoms with Gasteiger partial charge in [-0.25, -0.2) is 8.42 Å². The van der Waals surface area contributed by atoms with Crippen molar-refractivity contribution in [2.45, 2.75) is 49.7 Å². The fraction of sp³-hybridized carbons (Fsp3) is 0.529. The predicted octanol–water partition coefficient (Wildman–Crippen LogP) is 2.68. The highest BCUT2D eigenvalue weighted by atomic mass is 32.2. The zero-order chi connectivity index (χ0) is 19.3. The highest BCUT2D eigenvalue weighted by Crippen LogP contribution is 2.23. The maximum atomic E-state index is 12.7. The largest absolute Gasteiger partial charge is 0.481 e. The van der Waals surface area contributed by atoms with E-state index in [1.54, 1.807) is 4.90 Å². The fourth-order valence-corrected chi connectivity index (χ4v) is 3.85. The lowest BCUT2D eigenvalue weighted by atomic mass is 9.97. The van der Waals surface area contributed by atoms with Crippen LogP contribution in [0.2, 0.25) is 0 Å². The normalized spacial score (nSPS) is 18.1. The summed E-state index contributed by atoms with van der Waals surface area (Å²) in [6.45, 7) is 0.532. The number of benzene rings is 1. The lowest BCUT2D eigenvalue weighted by Crippen LogP contribution is -2.44. The van der Waals surface area contributed by atoms with Gasteiger partial charge in [0.15, 0.2) is 0 Å². The minimum atomic E-state index is -4.51. The summed E-state index contributed by atoms with van der Waals surface area (Å²) < 4.78 is 47.4. The Bertz CT molecular complexity index is 749. The van der Waals surface area contributed by atoms with E-state index in [-0.39, 0.29) is 23.9 Å². The van der Waals surface area contributed by atoms with Crippen molar-refractivity contribution in [1.29, 1.82) is 0 Å². The topological polar surface area (TPSA) is 91.8 Å². The van der Waals surface area contributed by atoms with Crippen molar-refractivity contribution >= 4 is 21.7 Å². The van der Waals surface area contributed by atoms with Crippen LogP contribution in [0.3, 0.4) is 0 Å². The molecular formula is C17H21F2NO5S. The second-order valence-corrected chi connectivity index (χ2v) is 8.32. The van der Waals surface area contributed by atoms with E-state index in [2.05, 4.69) is 0 Å². The Kier molecular flexibility index (Phi) is 6.69. The maximum Gasteiger partial charge on any atom is 0.337 e. The highest BCUT2D eigenvalue weighted by Gasteiger charge is 2.28. The van der Waals surface area contributed by atoms with Crippen LogP contribution in [0.5, 0.6) is 0 Å². The number of hydrogen-bond acceptors (Lipinski definition) is 4. The predicted molar refractivity (Wildman–Crippen MR) is 90.6 cm³/mol. The van der Waals surface area contributed by atoms with Crippen LogP contribution in [0.1, 0.15) is 48.0 Å². The second-order valence-electron chi connectivity index (χ2n) is 6.35. The highest BCUT2D eigenvalue weighted by molar-refractivity contribution is 7.90. The average Bonchev–Trinajstić information content (AvgIpc) is 2.60. The van der Waals surface area contributed by atoms with E-state index in [9.17, 15) is 26.8 Å². The van der Waals surface area contributed by atoms with Crippen molar-refractivity contribution in [3.8, 4) is 0 Å². The summed E-state index contributed by atoms with van der Waals surface area (Å²) in [7, 11) is -4.51. The summed E-state index contributed by atoms with van der Waals surface area (Å²) in [4.78, 5) is 25.1. The van der Waals surface area contributed by atoms with Crippen LogP contribution < -0.4 is 0 Å². The lowest BCUT2D eigenvalue weighted by molar-refractivity contribution is -0.137. The molecule has 0 spiro atoms. The van der Waals surface area contributed by atoms with Crippen molar-refractivity contribution in [2.75, 3.05) is 6.54 Å². The van der Waals surface area contributed by atoms with E-state index in [0.717, 1.165) is 19.3 Å². The molecule has 0 bridgehead atoms. The summed E-state index contributed by atoms with van der Waals surface area (Å²) in [5.74, 6) is -5.40. The second kappa shape index (κ2) is 8.57. The lowest BCUT2D eigenvalue weighted by Gasteiger charge is -2.35. The molecule has 6 nitrogen and oxygen atoms in total. The molecule has 0 aliphatic carbocycles. The molecule has 1 amide bonds. The van der Waals surface area contributed by atoms with E-state index in [4.69, 9.17) is 5.11 Å². The van der Waals surface area contributed by atoms with Crippen molar-refractivity contribution in [3.63, 3.8) is 0 Å². The molecule has 1 unspecified atom stereocenters. The fourth-order valence-electron chi connectivity index (χ4n) is 3.06. The standard InChI is InChI=1S/C17H21F2NO5S/c18-17(19)26(24,25)11-12-4-6-13(7-5-12)16(23)20-10-2-1-3-14(20)8-9-15(21)22/h4-7,14,17H,1-3,8-11H2,(H,21,22). The number of carbonyl (C=O) groups is 2. The molecule has 1 aromatic rings. The minimum Gasteiger partial charge on any atom is -0.481 e. The molecule has 2 rings (SSSR count). The van der Waals surface area contributed by atoms with Gasteiger partial charge < -0.3 is 10.0 Å². The Labute approximate surface area is 150 Å². The first-order chi connectivity index (χ1) is 12.2. The van der Waals surface area contributed by atoms with E-state index in [0.29, 0.717) is 18.5 Å². The number of amides is 1. The molecule has 1 atom stereocenters. The molecule has 1 heterocycles. The van der Waals surface area contributed by atoms with E-state index in [1.165, 1.54) is 24.3 Å². The van der Waals surface area contributed by atoms with Gasteiger partial charge in [0, 0.05) is 24.6 Å². The number of sulfone groups is 1.